The van der Waals surface area contributed by atoms with E-state index in [2.05, 4.69) is 5.32 Å². The third-order valence-electron chi connectivity index (χ3n) is 2.21. The molecule has 0 aromatic heterocycles. The van der Waals surface area contributed by atoms with E-state index in [9.17, 15) is 15.2 Å². The lowest BCUT2D eigenvalue weighted by atomic mass is 10.1. The van der Waals surface area contributed by atoms with Crippen LogP contribution in [0, 0.1) is 10.1 Å². The van der Waals surface area contributed by atoms with Crippen LogP contribution in [0.25, 0.3) is 0 Å². The van der Waals surface area contributed by atoms with Crippen molar-refractivity contribution < 1.29 is 10.0 Å². The average molecular weight is 224 g/mol. The number of nitro groups is 1. The number of nitrogens with zero attached hydrogens (tertiary/aromatic N) is 1. The first-order valence-corrected chi connectivity index (χ1v) is 5.17. The number of aliphatic hydroxyl groups is 1. The van der Waals surface area contributed by atoms with E-state index in [0.717, 1.165) is 0 Å². The second-order valence-corrected chi connectivity index (χ2v) is 3.89. The SMILES string of the molecule is CC(C)NC[C@H](O)c1ccccc1[N+](=O)[O-]. The van der Waals surface area contributed by atoms with Crippen molar-refractivity contribution in [1.82, 2.24) is 5.32 Å². The number of aliphatic hydroxyl groups excluding tert-OH is 1. The maximum Gasteiger partial charge on any atom is 0.275 e. The van der Waals surface area contributed by atoms with Crippen LogP contribution in [0.2, 0.25) is 0 Å². The van der Waals surface area contributed by atoms with Crippen LogP contribution in [0.3, 0.4) is 0 Å². The summed E-state index contributed by atoms with van der Waals surface area (Å²) in [6.07, 6.45) is -0.857. The van der Waals surface area contributed by atoms with Gasteiger partial charge in [0.15, 0.2) is 0 Å². The molecule has 0 aliphatic heterocycles. The molecule has 0 unspecified atom stereocenters. The van der Waals surface area contributed by atoms with Gasteiger partial charge in [-0.25, -0.2) is 0 Å². The van der Waals surface area contributed by atoms with Gasteiger partial charge in [-0.05, 0) is 6.07 Å². The zero-order valence-electron chi connectivity index (χ0n) is 9.38. The number of nitro benzene ring substituents is 1. The molecular weight excluding hydrogens is 208 g/mol. The van der Waals surface area contributed by atoms with Gasteiger partial charge in [0.05, 0.1) is 16.6 Å². The average Bonchev–Trinajstić information content (AvgIpc) is 2.25. The molecular formula is C11H16N2O3. The van der Waals surface area contributed by atoms with Crippen LogP contribution in [-0.2, 0) is 0 Å². The fraction of sp³-hybridized carbons (Fsp3) is 0.455. The van der Waals surface area contributed by atoms with Crippen LogP contribution in [0.5, 0.6) is 0 Å². The van der Waals surface area contributed by atoms with Gasteiger partial charge in [0.2, 0.25) is 0 Å². The van der Waals surface area contributed by atoms with Crippen molar-refractivity contribution in [3.05, 3.63) is 39.9 Å². The van der Waals surface area contributed by atoms with Gasteiger partial charge in [-0.3, -0.25) is 10.1 Å². The summed E-state index contributed by atoms with van der Waals surface area (Å²) in [5, 5.41) is 23.6. The van der Waals surface area contributed by atoms with Crippen molar-refractivity contribution in [3.63, 3.8) is 0 Å². The van der Waals surface area contributed by atoms with Gasteiger partial charge in [0, 0.05) is 18.7 Å². The quantitative estimate of drug-likeness (QED) is 0.588. The zero-order chi connectivity index (χ0) is 12.1. The van der Waals surface area contributed by atoms with Gasteiger partial charge in [0.25, 0.3) is 5.69 Å². The molecule has 1 atom stereocenters. The number of hydrogen-bond donors (Lipinski definition) is 2. The van der Waals surface area contributed by atoms with Crippen molar-refractivity contribution in [1.29, 1.82) is 0 Å². The van der Waals surface area contributed by atoms with Gasteiger partial charge < -0.3 is 10.4 Å². The molecule has 0 heterocycles. The molecule has 1 aromatic rings. The molecule has 0 bridgehead atoms. The Bertz CT molecular complexity index is 366. The summed E-state index contributed by atoms with van der Waals surface area (Å²) >= 11 is 0. The summed E-state index contributed by atoms with van der Waals surface area (Å²) < 4.78 is 0. The number of para-hydroxylation sites is 1. The number of nitrogens with one attached hydrogen (secondary N) is 1. The third-order valence-corrected chi connectivity index (χ3v) is 2.21. The van der Waals surface area contributed by atoms with Crippen LogP contribution < -0.4 is 5.32 Å². The van der Waals surface area contributed by atoms with E-state index in [4.69, 9.17) is 0 Å². The molecule has 2 N–H and O–H groups in total. The Hall–Kier alpha value is -1.46. The summed E-state index contributed by atoms with van der Waals surface area (Å²) in [5.74, 6) is 0. The minimum atomic E-state index is -0.857. The highest BCUT2D eigenvalue weighted by Crippen LogP contribution is 2.24. The van der Waals surface area contributed by atoms with Gasteiger partial charge >= 0.3 is 0 Å². The standard InChI is InChI=1S/C11H16N2O3/c1-8(2)12-7-11(14)9-5-3-4-6-10(9)13(15)16/h3-6,8,11-12,14H,7H2,1-2H3/t11-/m0/s1. The van der Waals surface area contributed by atoms with E-state index >= 15 is 0 Å². The fourth-order valence-corrected chi connectivity index (χ4v) is 1.39. The van der Waals surface area contributed by atoms with Crippen LogP contribution in [0.1, 0.15) is 25.5 Å². The van der Waals surface area contributed by atoms with Crippen molar-refractivity contribution >= 4 is 5.69 Å². The smallest absolute Gasteiger partial charge is 0.275 e. The molecule has 0 aliphatic carbocycles. The molecule has 0 spiro atoms. The molecule has 5 heteroatoms. The van der Waals surface area contributed by atoms with Gasteiger partial charge in [-0.15, -0.1) is 0 Å². The molecule has 5 nitrogen and oxygen atoms in total. The normalized spacial score (nSPS) is 12.8. The van der Waals surface area contributed by atoms with E-state index < -0.39 is 11.0 Å². The molecule has 0 saturated heterocycles. The molecule has 16 heavy (non-hydrogen) atoms. The topological polar surface area (TPSA) is 75.4 Å². The highest BCUT2D eigenvalue weighted by atomic mass is 16.6. The maximum atomic E-state index is 10.7. The highest BCUT2D eigenvalue weighted by Gasteiger charge is 2.19. The van der Waals surface area contributed by atoms with E-state index in [0.29, 0.717) is 12.1 Å². The minimum Gasteiger partial charge on any atom is -0.387 e. The Morgan fingerprint density at radius 1 is 1.44 bits per heavy atom. The van der Waals surface area contributed by atoms with Crippen molar-refractivity contribution in [2.24, 2.45) is 0 Å². The molecule has 0 aliphatic rings. The lowest BCUT2D eigenvalue weighted by Gasteiger charge is -2.14. The Morgan fingerprint density at radius 2 is 2.06 bits per heavy atom. The summed E-state index contributed by atoms with van der Waals surface area (Å²) in [6, 6.07) is 6.47. The summed E-state index contributed by atoms with van der Waals surface area (Å²) in [6.45, 7) is 4.21. The van der Waals surface area contributed by atoms with E-state index in [1.807, 2.05) is 13.8 Å². The number of rotatable bonds is 5. The minimum absolute atomic E-state index is 0.0412. The molecule has 88 valence electrons. The number of benzene rings is 1. The number of hydrogen-bond acceptors (Lipinski definition) is 4. The first kappa shape index (κ1) is 12.6. The van der Waals surface area contributed by atoms with Crippen molar-refractivity contribution in [2.75, 3.05) is 6.54 Å². The van der Waals surface area contributed by atoms with Gasteiger partial charge in [0.1, 0.15) is 0 Å². The second-order valence-electron chi connectivity index (χ2n) is 3.89. The largest absolute Gasteiger partial charge is 0.387 e. The predicted octanol–water partition coefficient (Wildman–Crippen LogP) is 1.63. The third kappa shape index (κ3) is 3.29. The van der Waals surface area contributed by atoms with Gasteiger partial charge in [-0.1, -0.05) is 26.0 Å². The fourth-order valence-electron chi connectivity index (χ4n) is 1.39. The molecule has 1 rings (SSSR count). The maximum absolute atomic E-state index is 10.7. The van der Waals surface area contributed by atoms with Crippen LogP contribution >= 0.6 is 0 Å². The summed E-state index contributed by atoms with van der Waals surface area (Å²) in [4.78, 5) is 10.3. The van der Waals surface area contributed by atoms with Crippen molar-refractivity contribution in [3.8, 4) is 0 Å². The van der Waals surface area contributed by atoms with Crippen molar-refractivity contribution in [2.45, 2.75) is 26.0 Å². The van der Waals surface area contributed by atoms with Gasteiger partial charge in [-0.2, -0.15) is 0 Å². The Labute approximate surface area is 94.3 Å². The first-order chi connectivity index (χ1) is 7.52. The molecule has 0 fully saturated rings. The molecule has 0 saturated carbocycles. The lowest BCUT2D eigenvalue weighted by molar-refractivity contribution is -0.386. The Balaban J connectivity index is 2.82. The van der Waals surface area contributed by atoms with Crippen LogP contribution in [0.15, 0.2) is 24.3 Å². The summed E-state index contributed by atoms with van der Waals surface area (Å²) in [7, 11) is 0. The van der Waals surface area contributed by atoms with Crippen LogP contribution in [-0.4, -0.2) is 22.6 Å². The molecule has 0 amide bonds. The van der Waals surface area contributed by atoms with E-state index in [1.54, 1.807) is 18.2 Å². The van der Waals surface area contributed by atoms with Crippen LogP contribution in [0.4, 0.5) is 5.69 Å². The van der Waals surface area contributed by atoms with E-state index in [1.165, 1.54) is 6.07 Å². The first-order valence-electron chi connectivity index (χ1n) is 5.17. The lowest BCUT2D eigenvalue weighted by Crippen LogP contribution is -2.28. The summed E-state index contributed by atoms with van der Waals surface area (Å²) in [5.41, 5.74) is 0.307. The Morgan fingerprint density at radius 3 is 2.62 bits per heavy atom. The zero-order valence-corrected chi connectivity index (χ0v) is 9.38. The Kier molecular flexibility index (Phi) is 4.39. The monoisotopic (exact) mass is 224 g/mol. The molecule has 0 radical (unpaired) electrons. The predicted molar refractivity (Wildman–Crippen MR) is 61.2 cm³/mol. The second kappa shape index (κ2) is 5.58. The van der Waals surface area contributed by atoms with E-state index in [-0.39, 0.29) is 11.7 Å². The molecule has 1 aromatic carbocycles. The highest BCUT2D eigenvalue weighted by molar-refractivity contribution is 5.41.